The smallest absolute Gasteiger partial charge is 0.267 e. The average molecular weight is 321 g/mol. The van der Waals surface area contributed by atoms with E-state index in [1.54, 1.807) is 31.4 Å². The van der Waals surface area contributed by atoms with Crippen LogP contribution in [0.5, 0.6) is 5.75 Å². The third kappa shape index (κ3) is 4.89. The summed E-state index contributed by atoms with van der Waals surface area (Å²) in [6.45, 7) is 2.56. The largest absolute Gasteiger partial charge is 0.497 e. The number of hydrogen-bond donors (Lipinski definition) is 2. The van der Waals surface area contributed by atoms with Crippen molar-refractivity contribution < 1.29 is 9.53 Å². The lowest BCUT2D eigenvalue weighted by Gasteiger charge is -2.06. The lowest BCUT2D eigenvalue weighted by molar-refractivity contribution is -0.112. The van der Waals surface area contributed by atoms with E-state index in [0.717, 1.165) is 11.1 Å². The molecule has 5 nitrogen and oxygen atoms in total. The molecule has 0 aromatic heterocycles. The zero-order valence-corrected chi connectivity index (χ0v) is 13.7. The molecule has 0 spiro atoms. The summed E-state index contributed by atoms with van der Waals surface area (Å²) < 4.78 is 5.06. The van der Waals surface area contributed by atoms with E-state index in [1.165, 1.54) is 6.20 Å². The molecule has 0 unspecified atom stereocenters. The number of ether oxygens (including phenoxy) is 1. The lowest BCUT2D eigenvalue weighted by atomic mass is 10.1. The molecule has 0 saturated heterocycles. The van der Waals surface area contributed by atoms with Crippen molar-refractivity contribution in [1.82, 2.24) is 5.32 Å². The van der Waals surface area contributed by atoms with Gasteiger partial charge < -0.3 is 15.4 Å². The van der Waals surface area contributed by atoms with Crippen molar-refractivity contribution in [2.45, 2.75) is 13.5 Å². The van der Waals surface area contributed by atoms with Gasteiger partial charge in [-0.1, -0.05) is 29.8 Å². The molecule has 122 valence electrons. The van der Waals surface area contributed by atoms with E-state index in [1.807, 2.05) is 37.3 Å². The lowest BCUT2D eigenvalue weighted by Crippen LogP contribution is -2.16. The van der Waals surface area contributed by atoms with Gasteiger partial charge in [-0.05, 0) is 36.8 Å². The third-order valence-corrected chi connectivity index (χ3v) is 3.35. The first-order valence-corrected chi connectivity index (χ1v) is 7.47. The summed E-state index contributed by atoms with van der Waals surface area (Å²) in [6.07, 6.45) is 1.43. The minimum Gasteiger partial charge on any atom is -0.497 e. The van der Waals surface area contributed by atoms with Crippen LogP contribution in [0.15, 0.2) is 60.3 Å². The molecule has 0 aliphatic carbocycles. The molecule has 0 bridgehead atoms. The summed E-state index contributed by atoms with van der Waals surface area (Å²) in [7, 11) is 1.57. The number of hydrogen-bond acceptors (Lipinski definition) is 4. The second-order valence-corrected chi connectivity index (χ2v) is 5.22. The van der Waals surface area contributed by atoms with Crippen LogP contribution >= 0.6 is 0 Å². The van der Waals surface area contributed by atoms with Gasteiger partial charge >= 0.3 is 0 Å². The Hall–Kier alpha value is -3.26. The molecular formula is C19H19N3O2. The maximum absolute atomic E-state index is 12.1. The molecule has 0 atom stereocenters. The Bertz CT molecular complexity index is 774. The Morgan fingerprint density at radius 2 is 2.00 bits per heavy atom. The first-order chi connectivity index (χ1) is 11.6. The standard InChI is InChI=1S/C19H19N3O2/c1-14-4-3-5-15(10-14)12-21-13-16(11-20)19(23)22-17-6-8-18(24-2)9-7-17/h3-10,13,21H,12H2,1-2H3,(H,22,23)/b16-13-. The van der Waals surface area contributed by atoms with E-state index in [2.05, 4.69) is 10.6 Å². The van der Waals surface area contributed by atoms with Gasteiger partial charge in [-0.3, -0.25) is 4.79 Å². The summed E-state index contributed by atoms with van der Waals surface area (Å²) in [5.41, 5.74) is 2.86. The molecule has 0 aliphatic heterocycles. The topological polar surface area (TPSA) is 74.1 Å². The van der Waals surface area contributed by atoms with Gasteiger partial charge in [0, 0.05) is 18.4 Å². The van der Waals surface area contributed by atoms with Crippen molar-refractivity contribution in [3.05, 3.63) is 71.4 Å². The van der Waals surface area contributed by atoms with Gasteiger partial charge in [-0.25, -0.2) is 0 Å². The number of methoxy groups -OCH3 is 1. The second-order valence-electron chi connectivity index (χ2n) is 5.22. The molecule has 2 rings (SSSR count). The summed E-state index contributed by atoms with van der Waals surface area (Å²) in [5.74, 6) is 0.239. The first kappa shape index (κ1) is 17.1. The van der Waals surface area contributed by atoms with E-state index < -0.39 is 5.91 Å². The highest BCUT2D eigenvalue weighted by atomic mass is 16.5. The monoisotopic (exact) mass is 321 g/mol. The van der Waals surface area contributed by atoms with Crippen LogP contribution in [0, 0.1) is 18.3 Å². The Labute approximate surface area is 141 Å². The number of carbonyl (C=O) groups is 1. The molecule has 0 fully saturated rings. The molecule has 0 aliphatic rings. The van der Waals surface area contributed by atoms with Crippen molar-refractivity contribution >= 4 is 11.6 Å². The highest BCUT2D eigenvalue weighted by Crippen LogP contribution is 2.15. The summed E-state index contributed by atoms with van der Waals surface area (Å²) in [6, 6.07) is 16.8. The van der Waals surface area contributed by atoms with Crippen molar-refractivity contribution in [2.75, 3.05) is 12.4 Å². The van der Waals surface area contributed by atoms with Gasteiger partial charge in [0.25, 0.3) is 5.91 Å². The van der Waals surface area contributed by atoms with Crippen LogP contribution in [0.2, 0.25) is 0 Å². The van der Waals surface area contributed by atoms with Gasteiger partial charge in [-0.15, -0.1) is 0 Å². The van der Waals surface area contributed by atoms with Crippen LogP contribution in [0.4, 0.5) is 5.69 Å². The fourth-order valence-electron chi connectivity index (χ4n) is 2.11. The van der Waals surface area contributed by atoms with Crippen LogP contribution in [-0.4, -0.2) is 13.0 Å². The molecule has 1 amide bonds. The maximum Gasteiger partial charge on any atom is 0.267 e. The van der Waals surface area contributed by atoms with E-state index in [0.29, 0.717) is 18.0 Å². The predicted molar refractivity (Wildman–Crippen MR) is 93.3 cm³/mol. The summed E-state index contributed by atoms with van der Waals surface area (Å²) >= 11 is 0. The SMILES string of the molecule is COc1ccc(NC(=O)/C(C#N)=C\NCc2cccc(C)c2)cc1. The second kappa shape index (κ2) is 8.39. The Kier molecular flexibility index (Phi) is 5.98. The van der Waals surface area contributed by atoms with Gasteiger partial charge in [-0.2, -0.15) is 5.26 Å². The highest BCUT2D eigenvalue weighted by Gasteiger charge is 2.09. The van der Waals surface area contributed by atoms with Crippen LogP contribution in [0.1, 0.15) is 11.1 Å². The molecule has 5 heteroatoms. The molecule has 2 N–H and O–H groups in total. The van der Waals surface area contributed by atoms with Crippen molar-refractivity contribution in [1.29, 1.82) is 5.26 Å². The van der Waals surface area contributed by atoms with Gasteiger partial charge in [0.1, 0.15) is 17.4 Å². The molecule has 0 radical (unpaired) electrons. The number of nitrogens with zero attached hydrogens (tertiary/aromatic N) is 1. The Morgan fingerprint density at radius 3 is 2.62 bits per heavy atom. The van der Waals surface area contributed by atoms with Gasteiger partial charge in [0.05, 0.1) is 7.11 Å². The van der Waals surface area contributed by atoms with Gasteiger partial charge in [0.15, 0.2) is 0 Å². The number of rotatable bonds is 6. The fraction of sp³-hybridized carbons (Fsp3) is 0.158. The number of benzene rings is 2. The first-order valence-electron chi connectivity index (χ1n) is 7.47. The number of anilines is 1. The highest BCUT2D eigenvalue weighted by molar-refractivity contribution is 6.06. The number of aryl methyl sites for hydroxylation is 1. The van der Waals surface area contributed by atoms with Crippen LogP contribution in [0.3, 0.4) is 0 Å². The molecule has 2 aromatic rings. The fourth-order valence-corrected chi connectivity index (χ4v) is 2.11. The molecule has 0 saturated carbocycles. The van der Waals surface area contributed by atoms with Crippen LogP contribution in [0.25, 0.3) is 0 Å². The summed E-state index contributed by atoms with van der Waals surface area (Å²) in [5, 5.41) is 14.8. The quantitative estimate of drug-likeness (QED) is 0.633. The van der Waals surface area contributed by atoms with Crippen molar-refractivity contribution in [3.8, 4) is 11.8 Å². The van der Waals surface area contributed by atoms with Crippen molar-refractivity contribution in [3.63, 3.8) is 0 Å². The predicted octanol–water partition coefficient (Wildman–Crippen LogP) is 3.14. The molecule has 24 heavy (non-hydrogen) atoms. The third-order valence-electron chi connectivity index (χ3n) is 3.35. The normalized spacial score (nSPS) is 10.6. The molecule has 2 aromatic carbocycles. The van der Waals surface area contributed by atoms with E-state index in [4.69, 9.17) is 10.00 Å². The van der Waals surface area contributed by atoms with Crippen LogP contribution < -0.4 is 15.4 Å². The number of nitriles is 1. The molecular weight excluding hydrogens is 302 g/mol. The van der Waals surface area contributed by atoms with Crippen LogP contribution in [-0.2, 0) is 11.3 Å². The van der Waals surface area contributed by atoms with Crippen molar-refractivity contribution in [2.24, 2.45) is 0 Å². The van der Waals surface area contributed by atoms with Gasteiger partial charge in [0.2, 0.25) is 0 Å². The minimum absolute atomic E-state index is 0.0125. The Morgan fingerprint density at radius 1 is 1.25 bits per heavy atom. The zero-order valence-electron chi connectivity index (χ0n) is 13.7. The molecule has 0 heterocycles. The van der Waals surface area contributed by atoms with E-state index >= 15 is 0 Å². The van der Waals surface area contributed by atoms with E-state index in [9.17, 15) is 4.79 Å². The Balaban J connectivity index is 1.96. The maximum atomic E-state index is 12.1. The average Bonchev–Trinajstić information content (AvgIpc) is 2.59. The zero-order chi connectivity index (χ0) is 17.4. The summed E-state index contributed by atoms with van der Waals surface area (Å²) in [4.78, 5) is 12.1. The minimum atomic E-state index is -0.459. The number of nitrogens with one attached hydrogen (secondary N) is 2. The number of amides is 1. The number of carbonyl (C=O) groups excluding carboxylic acids is 1. The van der Waals surface area contributed by atoms with E-state index in [-0.39, 0.29) is 5.57 Å².